The van der Waals surface area contributed by atoms with Crippen LogP contribution in [0.25, 0.3) is 0 Å². The summed E-state index contributed by atoms with van der Waals surface area (Å²) in [6.07, 6.45) is 5.01. The van der Waals surface area contributed by atoms with Crippen molar-refractivity contribution in [2.45, 2.75) is 143 Å². The summed E-state index contributed by atoms with van der Waals surface area (Å²) < 4.78 is 5.74. The van der Waals surface area contributed by atoms with Gasteiger partial charge in [0.15, 0.2) is 11.4 Å². The van der Waals surface area contributed by atoms with Crippen molar-refractivity contribution < 1.29 is 38.6 Å². The van der Waals surface area contributed by atoms with Crippen molar-refractivity contribution in [1.82, 2.24) is 26.2 Å². The summed E-state index contributed by atoms with van der Waals surface area (Å²) in [5.41, 5.74) is 14.0. The molecule has 0 aliphatic carbocycles. The number of aliphatic hydroxyl groups excluding tert-OH is 1. The van der Waals surface area contributed by atoms with Crippen LogP contribution in [-0.2, 0) is 46.3 Å². The molecule has 2 aromatic carbocycles. The maximum absolute atomic E-state index is 14.4. The standard InChI is InChI=1S/C50H76N8O8/c1-9-36(10-2)32-58(26-27-59)33-44(60)53-40(24-22-37-18-14-12-15-19-37)47(63)55-42(29-35(6)7)48(64)56-43(30-38-20-16-13-17-21-38)49(65)54-41(28-34(4)5)46(62)50(8,11-3)66-45(61)25-23-39(31-51)57-52/h9,12-21,31,34-35,40-43,52,59H,10-11,22-30,32-33,51H2,1-8H3,(H,53,60)(H,54,65)(H,55,63)(H,56,64)/b36-9-,39-31-,57-52?/t40-,41-,42-,43-,50?/m0/s1. The SMILES string of the molecule is C/C=C(/CC)CN(CCO)CC(=O)N[C@@H](CCc1ccccc1)C(=O)N[C@@H](CC(C)C)C(=O)N[C@@H](Cc1ccccc1)C(=O)N[C@@H](CC(C)C)C(=O)C(C)(CC)OC(=O)CC/C(=C/N)N=N. The zero-order chi connectivity index (χ0) is 49.2. The molecule has 4 amide bonds. The topological polar surface area (TPSA) is 245 Å². The van der Waals surface area contributed by atoms with E-state index in [0.717, 1.165) is 29.3 Å². The molecule has 0 bridgehead atoms. The van der Waals surface area contributed by atoms with Crippen LogP contribution in [0.15, 0.2) is 89.3 Å². The number of rotatable bonds is 31. The Bertz CT molecular complexity index is 1920. The van der Waals surface area contributed by atoms with Crippen molar-refractivity contribution in [3.05, 3.63) is 95.3 Å². The first kappa shape index (κ1) is 56.4. The molecule has 0 saturated heterocycles. The van der Waals surface area contributed by atoms with Crippen LogP contribution in [0.4, 0.5) is 0 Å². The highest BCUT2D eigenvalue weighted by atomic mass is 16.6. The first-order chi connectivity index (χ1) is 31.4. The number of ketones is 1. The lowest BCUT2D eigenvalue weighted by Crippen LogP contribution is -2.60. The van der Waals surface area contributed by atoms with E-state index in [2.05, 4.69) is 26.4 Å². The van der Waals surface area contributed by atoms with Crippen LogP contribution in [0.3, 0.4) is 0 Å². The molecule has 0 radical (unpaired) electrons. The van der Waals surface area contributed by atoms with E-state index in [1.165, 1.54) is 6.92 Å². The number of amides is 4. The Morgan fingerprint density at radius 3 is 1.86 bits per heavy atom. The number of nitrogens with two attached hydrogens (primary N) is 1. The molecule has 0 spiro atoms. The molecule has 364 valence electrons. The number of nitrogens with one attached hydrogen (secondary N) is 5. The van der Waals surface area contributed by atoms with Gasteiger partial charge in [0.1, 0.15) is 18.1 Å². The van der Waals surface area contributed by atoms with Crippen LogP contribution < -0.4 is 27.0 Å². The van der Waals surface area contributed by atoms with Gasteiger partial charge in [-0.1, -0.05) is 114 Å². The summed E-state index contributed by atoms with van der Waals surface area (Å²) in [5.74, 6) is -3.62. The fourth-order valence-corrected chi connectivity index (χ4v) is 7.37. The lowest BCUT2D eigenvalue weighted by molar-refractivity contribution is -0.167. The van der Waals surface area contributed by atoms with Crippen molar-refractivity contribution in [2.75, 3.05) is 26.2 Å². The van der Waals surface area contributed by atoms with Crippen LogP contribution in [0.2, 0.25) is 0 Å². The Morgan fingerprint density at radius 2 is 1.33 bits per heavy atom. The predicted molar refractivity (Wildman–Crippen MR) is 256 cm³/mol. The fourth-order valence-electron chi connectivity index (χ4n) is 7.37. The van der Waals surface area contributed by atoms with Crippen LogP contribution in [0.5, 0.6) is 0 Å². The number of carbonyl (C=O) groups is 6. The van der Waals surface area contributed by atoms with Gasteiger partial charge in [-0.15, -0.1) is 0 Å². The third-order valence-electron chi connectivity index (χ3n) is 11.3. The van der Waals surface area contributed by atoms with Crippen LogP contribution in [-0.4, -0.2) is 101 Å². The molecule has 1 unspecified atom stereocenters. The minimum Gasteiger partial charge on any atom is -0.451 e. The van der Waals surface area contributed by atoms with Gasteiger partial charge in [-0.2, -0.15) is 5.11 Å². The van der Waals surface area contributed by atoms with Crippen LogP contribution >= 0.6 is 0 Å². The van der Waals surface area contributed by atoms with Crippen LogP contribution in [0, 0.1) is 17.4 Å². The monoisotopic (exact) mass is 917 g/mol. The van der Waals surface area contributed by atoms with E-state index >= 15 is 0 Å². The zero-order valence-corrected chi connectivity index (χ0v) is 40.4. The number of ether oxygens (including phenoxy) is 1. The van der Waals surface area contributed by atoms with Gasteiger partial charge in [-0.3, -0.25) is 33.7 Å². The first-order valence-electron chi connectivity index (χ1n) is 23.2. The Hall–Kier alpha value is -5.74. The second-order valence-electron chi connectivity index (χ2n) is 17.7. The summed E-state index contributed by atoms with van der Waals surface area (Å²) in [7, 11) is 0. The van der Waals surface area contributed by atoms with E-state index in [9.17, 15) is 33.9 Å². The minimum atomic E-state index is -1.62. The quantitative estimate of drug-likeness (QED) is 0.0287. The second-order valence-corrected chi connectivity index (χ2v) is 17.7. The van der Waals surface area contributed by atoms with E-state index in [-0.39, 0.29) is 82.2 Å². The van der Waals surface area contributed by atoms with Crippen LogP contribution in [0.1, 0.15) is 111 Å². The van der Waals surface area contributed by atoms with Gasteiger partial charge >= 0.3 is 5.97 Å². The summed E-state index contributed by atoms with van der Waals surface area (Å²) in [4.78, 5) is 85.8. The summed E-state index contributed by atoms with van der Waals surface area (Å²) in [6, 6.07) is 14.2. The highest BCUT2D eigenvalue weighted by Crippen LogP contribution is 2.24. The molecule has 0 fully saturated rings. The number of Topliss-reactive ketones (excluding diaryl/α,β-unsaturated/α-hetero) is 1. The highest BCUT2D eigenvalue weighted by Gasteiger charge is 2.42. The molecule has 0 aliphatic rings. The van der Waals surface area contributed by atoms with Crippen molar-refractivity contribution in [3.63, 3.8) is 0 Å². The second kappa shape index (κ2) is 29.7. The molecular weight excluding hydrogens is 841 g/mol. The molecule has 66 heavy (non-hydrogen) atoms. The van der Waals surface area contributed by atoms with Crippen molar-refractivity contribution in [2.24, 2.45) is 22.7 Å². The van der Waals surface area contributed by atoms with E-state index in [4.69, 9.17) is 16.0 Å². The van der Waals surface area contributed by atoms with Gasteiger partial charge in [0.2, 0.25) is 23.6 Å². The maximum atomic E-state index is 14.4. The fraction of sp³-hybridized carbons (Fsp3) is 0.560. The van der Waals surface area contributed by atoms with Crippen molar-refractivity contribution in [1.29, 1.82) is 5.53 Å². The number of aliphatic hydroxyl groups is 1. The largest absolute Gasteiger partial charge is 0.451 e. The molecule has 0 saturated carbocycles. The Labute approximate surface area is 391 Å². The molecule has 0 heterocycles. The molecule has 2 aromatic rings. The smallest absolute Gasteiger partial charge is 0.307 e. The third kappa shape index (κ3) is 20.2. The molecule has 16 heteroatoms. The van der Waals surface area contributed by atoms with E-state index in [0.29, 0.717) is 13.0 Å². The first-order valence-corrected chi connectivity index (χ1v) is 23.2. The number of carbonyl (C=O) groups excluding carboxylic acids is 6. The normalized spacial score (nSPS) is 14.7. The Kier molecular flexibility index (Phi) is 25.4. The third-order valence-corrected chi connectivity index (χ3v) is 11.3. The van der Waals surface area contributed by atoms with E-state index in [1.54, 1.807) is 19.1 Å². The number of esters is 1. The van der Waals surface area contributed by atoms with Crippen molar-refractivity contribution >= 4 is 35.4 Å². The molecule has 5 atom stereocenters. The number of hydrogen-bond acceptors (Lipinski definition) is 12. The summed E-state index contributed by atoms with van der Waals surface area (Å²) >= 11 is 0. The molecule has 0 aliphatic heterocycles. The van der Waals surface area contributed by atoms with Gasteiger partial charge in [-0.05, 0) is 75.3 Å². The average molecular weight is 917 g/mol. The number of hydrogen-bond donors (Lipinski definition) is 7. The maximum Gasteiger partial charge on any atom is 0.307 e. The van der Waals surface area contributed by atoms with Gasteiger partial charge in [0, 0.05) is 32.1 Å². The van der Waals surface area contributed by atoms with Gasteiger partial charge < -0.3 is 36.8 Å². The minimum absolute atomic E-state index is 0.0438. The Balaban J connectivity index is 2.45. The predicted octanol–water partition coefficient (Wildman–Crippen LogP) is 5.44. The van der Waals surface area contributed by atoms with Gasteiger partial charge in [0.25, 0.3) is 0 Å². The average Bonchev–Trinajstić information content (AvgIpc) is 3.29. The highest BCUT2D eigenvalue weighted by molar-refractivity contribution is 5.98. The zero-order valence-electron chi connectivity index (χ0n) is 40.4. The molecule has 16 nitrogen and oxygen atoms in total. The summed E-state index contributed by atoms with van der Waals surface area (Å²) in [5, 5.41) is 24.6. The molecule has 0 aromatic heterocycles. The lowest BCUT2D eigenvalue weighted by Gasteiger charge is -2.33. The number of allylic oxidation sites excluding steroid dienone is 2. The van der Waals surface area contributed by atoms with Gasteiger partial charge in [0.05, 0.1) is 31.3 Å². The van der Waals surface area contributed by atoms with Crippen molar-refractivity contribution in [3.8, 4) is 0 Å². The van der Waals surface area contributed by atoms with E-state index < -0.39 is 65.1 Å². The van der Waals surface area contributed by atoms with E-state index in [1.807, 2.05) is 101 Å². The molecular formula is C50H76N8O8. The molecule has 2 rings (SSSR count). The number of aryl methyl sites for hydroxylation is 1. The number of nitrogens with zero attached hydrogens (tertiary/aromatic N) is 2. The lowest BCUT2D eigenvalue weighted by atomic mass is 9.87. The Morgan fingerprint density at radius 1 is 0.788 bits per heavy atom. The summed E-state index contributed by atoms with van der Waals surface area (Å²) in [6.45, 7) is 15.3. The van der Waals surface area contributed by atoms with Gasteiger partial charge in [-0.25, -0.2) is 5.53 Å². The molecule has 8 N–H and O–H groups in total. The number of benzene rings is 2.